The van der Waals surface area contributed by atoms with E-state index in [0.717, 1.165) is 0 Å². The lowest BCUT2D eigenvalue weighted by Crippen LogP contribution is -2.67. The van der Waals surface area contributed by atoms with Crippen LogP contribution in [0.2, 0.25) is 0 Å². The van der Waals surface area contributed by atoms with Gasteiger partial charge >= 0.3 is 0 Å². The Balaban J connectivity index is 2.28. The van der Waals surface area contributed by atoms with Crippen LogP contribution >= 0.6 is 0 Å². The van der Waals surface area contributed by atoms with Gasteiger partial charge in [0.2, 0.25) is 5.91 Å². The largest absolute Gasteiger partial charge is 0.497 e. The summed E-state index contributed by atoms with van der Waals surface area (Å²) in [6.07, 6.45) is -0.823. The van der Waals surface area contributed by atoms with E-state index in [0.29, 0.717) is 11.4 Å². The van der Waals surface area contributed by atoms with Gasteiger partial charge in [0.05, 0.1) is 19.1 Å². The normalized spacial score (nSPS) is 23.8. The Hall–Kier alpha value is -1.88. The molecule has 1 amide bonds. The molecule has 1 aromatic rings. The fourth-order valence-electron chi connectivity index (χ4n) is 2.45. The van der Waals surface area contributed by atoms with E-state index < -0.39 is 18.1 Å². The Labute approximate surface area is 111 Å². The fraction of sp³-hybridized carbons (Fsp3) is 0.429. The number of aliphatic hydroxyl groups excluding tert-OH is 1. The number of benzene rings is 1. The summed E-state index contributed by atoms with van der Waals surface area (Å²) in [6.45, 7) is 2.97. The third kappa shape index (κ3) is 2.21. The number of Topliss-reactive ketones (excluding diaryl/α,β-unsaturated/α-hetero) is 1. The zero-order valence-electron chi connectivity index (χ0n) is 11.2. The van der Waals surface area contributed by atoms with Crippen LogP contribution in [0.25, 0.3) is 0 Å². The van der Waals surface area contributed by atoms with Crippen LogP contribution in [-0.2, 0) is 9.59 Å². The molecule has 0 saturated carbocycles. The maximum Gasteiger partial charge on any atom is 0.235 e. The molecule has 0 aliphatic carbocycles. The number of hydrogen-bond donors (Lipinski definition) is 1. The minimum absolute atomic E-state index is 0.124. The summed E-state index contributed by atoms with van der Waals surface area (Å²) in [5.74, 6) is -0.301. The molecule has 19 heavy (non-hydrogen) atoms. The molecule has 1 aromatic carbocycles. The van der Waals surface area contributed by atoms with Gasteiger partial charge in [0, 0.05) is 5.69 Å². The molecule has 102 valence electrons. The smallest absolute Gasteiger partial charge is 0.235 e. The number of aliphatic hydroxyl groups is 1. The summed E-state index contributed by atoms with van der Waals surface area (Å²) >= 11 is 0. The predicted molar refractivity (Wildman–Crippen MR) is 70.1 cm³/mol. The van der Waals surface area contributed by atoms with E-state index in [1.54, 1.807) is 31.4 Å². The molecular formula is C14H17NO4. The van der Waals surface area contributed by atoms with E-state index in [1.165, 1.54) is 18.7 Å². The average molecular weight is 263 g/mol. The average Bonchev–Trinajstić information content (AvgIpc) is 2.35. The monoisotopic (exact) mass is 263 g/mol. The lowest BCUT2D eigenvalue weighted by molar-refractivity contribution is -0.141. The van der Waals surface area contributed by atoms with Gasteiger partial charge in [-0.1, -0.05) is 0 Å². The van der Waals surface area contributed by atoms with Gasteiger partial charge in [0.1, 0.15) is 11.8 Å². The Bertz CT molecular complexity index is 495. The quantitative estimate of drug-likeness (QED) is 0.823. The van der Waals surface area contributed by atoms with Gasteiger partial charge < -0.3 is 14.7 Å². The number of methoxy groups -OCH3 is 1. The predicted octanol–water partition coefficient (Wildman–Crippen LogP) is 0.996. The second-order valence-corrected chi connectivity index (χ2v) is 4.73. The summed E-state index contributed by atoms with van der Waals surface area (Å²) < 4.78 is 5.05. The first-order valence-corrected chi connectivity index (χ1v) is 6.13. The van der Waals surface area contributed by atoms with E-state index in [9.17, 15) is 14.7 Å². The molecule has 1 fully saturated rings. The van der Waals surface area contributed by atoms with Gasteiger partial charge in [-0.25, -0.2) is 0 Å². The number of ether oxygens (including phenoxy) is 1. The lowest BCUT2D eigenvalue weighted by atomic mass is 9.80. The van der Waals surface area contributed by atoms with Crippen LogP contribution in [0, 0.1) is 5.92 Å². The van der Waals surface area contributed by atoms with Crippen molar-refractivity contribution in [2.24, 2.45) is 5.92 Å². The van der Waals surface area contributed by atoms with Crippen molar-refractivity contribution in [3.05, 3.63) is 24.3 Å². The third-order valence-corrected chi connectivity index (χ3v) is 3.43. The summed E-state index contributed by atoms with van der Waals surface area (Å²) in [5, 5.41) is 9.59. The van der Waals surface area contributed by atoms with Crippen LogP contribution in [0.3, 0.4) is 0 Å². The highest BCUT2D eigenvalue weighted by molar-refractivity contribution is 6.12. The van der Waals surface area contributed by atoms with Crippen LogP contribution in [0.5, 0.6) is 5.75 Å². The fourth-order valence-corrected chi connectivity index (χ4v) is 2.45. The number of hydrogen-bond acceptors (Lipinski definition) is 4. The Morgan fingerprint density at radius 3 is 2.37 bits per heavy atom. The van der Waals surface area contributed by atoms with Crippen molar-refractivity contribution in [1.82, 2.24) is 0 Å². The number of carbonyl (C=O) groups is 2. The van der Waals surface area contributed by atoms with Crippen LogP contribution in [0.1, 0.15) is 13.8 Å². The van der Waals surface area contributed by atoms with E-state index in [-0.39, 0.29) is 11.7 Å². The molecule has 2 rings (SSSR count). The van der Waals surface area contributed by atoms with Crippen molar-refractivity contribution in [2.75, 3.05) is 12.0 Å². The maximum atomic E-state index is 12.1. The van der Waals surface area contributed by atoms with E-state index >= 15 is 0 Å². The molecular weight excluding hydrogens is 246 g/mol. The van der Waals surface area contributed by atoms with Crippen LogP contribution in [-0.4, -0.2) is 36.1 Å². The van der Waals surface area contributed by atoms with E-state index in [1.807, 2.05) is 0 Å². The van der Waals surface area contributed by atoms with Crippen molar-refractivity contribution in [3.8, 4) is 5.75 Å². The van der Waals surface area contributed by atoms with Gasteiger partial charge in [-0.15, -0.1) is 0 Å². The summed E-state index contributed by atoms with van der Waals surface area (Å²) in [7, 11) is 1.56. The molecule has 0 aromatic heterocycles. The topological polar surface area (TPSA) is 66.8 Å². The number of nitrogens with zero attached hydrogens (tertiary/aromatic N) is 1. The zero-order valence-corrected chi connectivity index (χ0v) is 11.2. The van der Waals surface area contributed by atoms with Gasteiger partial charge in [-0.3, -0.25) is 9.59 Å². The number of carbonyl (C=O) groups excluding carboxylic acids is 2. The first kappa shape index (κ1) is 13.5. The van der Waals surface area contributed by atoms with E-state index in [4.69, 9.17) is 4.74 Å². The summed E-state index contributed by atoms with van der Waals surface area (Å²) in [4.78, 5) is 25.1. The van der Waals surface area contributed by atoms with Gasteiger partial charge in [-0.2, -0.15) is 0 Å². The third-order valence-electron chi connectivity index (χ3n) is 3.43. The molecule has 0 spiro atoms. The van der Waals surface area contributed by atoms with Crippen molar-refractivity contribution < 1.29 is 19.4 Å². The number of ketones is 1. The molecule has 1 saturated heterocycles. The highest BCUT2D eigenvalue weighted by Crippen LogP contribution is 2.35. The molecule has 1 heterocycles. The maximum absolute atomic E-state index is 12.1. The number of amides is 1. The number of β-lactam (4-membered cyclic amide) rings is 1. The van der Waals surface area contributed by atoms with Gasteiger partial charge in [0.25, 0.3) is 0 Å². The molecule has 1 N–H and O–H groups in total. The molecule has 2 unspecified atom stereocenters. The van der Waals surface area contributed by atoms with Crippen molar-refractivity contribution >= 4 is 17.4 Å². The highest BCUT2D eigenvalue weighted by Gasteiger charge is 2.52. The first-order valence-electron chi connectivity index (χ1n) is 6.13. The molecule has 5 heteroatoms. The van der Waals surface area contributed by atoms with Crippen LogP contribution in [0.15, 0.2) is 24.3 Å². The standard InChI is InChI=1S/C14H17NO4/c1-8(16)12-13(9(2)17)15(14(12)18)10-4-6-11(19-3)7-5-10/h4-8,12-13,16H,1-3H3/t8-,12?,13?/m1/s1. The summed E-state index contributed by atoms with van der Waals surface area (Å²) in [6, 6.07) is 6.34. The van der Waals surface area contributed by atoms with E-state index in [2.05, 4.69) is 0 Å². The molecule has 1 aliphatic rings. The van der Waals surface area contributed by atoms with Gasteiger partial charge in [0.15, 0.2) is 5.78 Å². The minimum Gasteiger partial charge on any atom is -0.497 e. The molecule has 3 atom stereocenters. The zero-order chi connectivity index (χ0) is 14.2. The second kappa shape index (κ2) is 5.01. The molecule has 0 radical (unpaired) electrons. The van der Waals surface area contributed by atoms with Crippen molar-refractivity contribution in [3.63, 3.8) is 0 Å². The van der Waals surface area contributed by atoms with Crippen molar-refractivity contribution in [1.29, 1.82) is 0 Å². The Kier molecular flexibility index (Phi) is 3.57. The van der Waals surface area contributed by atoms with Crippen LogP contribution in [0.4, 0.5) is 5.69 Å². The van der Waals surface area contributed by atoms with Crippen LogP contribution < -0.4 is 9.64 Å². The summed E-state index contributed by atoms with van der Waals surface area (Å²) in [5.41, 5.74) is 0.642. The molecule has 0 bridgehead atoms. The van der Waals surface area contributed by atoms with Crippen molar-refractivity contribution in [2.45, 2.75) is 26.0 Å². The Morgan fingerprint density at radius 2 is 1.95 bits per heavy atom. The molecule has 1 aliphatic heterocycles. The first-order chi connectivity index (χ1) is 8.97. The highest BCUT2D eigenvalue weighted by atomic mass is 16.5. The minimum atomic E-state index is -0.823. The second-order valence-electron chi connectivity index (χ2n) is 4.73. The Morgan fingerprint density at radius 1 is 1.37 bits per heavy atom. The SMILES string of the molecule is COc1ccc(N2C(=O)C([C@@H](C)O)C2C(C)=O)cc1. The number of anilines is 1. The molecule has 5 nitrogen and oxygen atoms in total. The number of rotatable bonds is 4. The van der Waals surface area contributed by atoms with Gasteiger partial charge in [-0.05, 0) is 38.1 Å². The lowest BCUT2D eigenvalue weighted by Gasteiger charge is -2.46.